The first-order chi connectivity index (χ1) is 16.9. The number of carbonyl (C=O) groups excluding carboxylic acids is 1. The maximum Gasteiger partial charge on any atom is 0.342 e. The molecule has 2 N–H and O–H groups in total. The molecular weight excluding hydrogens is 494 g/mol. The number of halogens is 1. The predicted molar refractivity (Wildman–Crippen MR) is 130 cm³/mol. The number of carboxylic acid groups (broad SMARTS) is 1. The van der Waals surface area contributed by atoms with E-state index in [0.29, 0.717) is 44.8 Å². The van der Waals surface area contributed by atoms with Crippen LogP contribution in [0.1, 0.15) is 16.1 Å². The van der Waals surface area contributed by atoms with E-state index in [9.17, 15) is 14.7 Å². The van der Waals surface area contributed by atoms with Crippen LogP contribution in [0.2, 0.25) is 5.02 Å². The third-order valence-corrected chi connectivity index (χ3v) is 5.87. The summed E-state index contributed by atoms with van der Waals surface area (Å²) in [6, 6.07) is 15.1. The fourth-order valence-electron chi connectivity index (χ4n) is 3.14. The molecule has 0 bridgehead atoms. The predicted octanol–water partition coefficient (Wildman–Crippen LogP) is 5.40. The van der Waals surface area contributed by atoms with Crippen LogP contribution in [-0.4, -0.2) is 46.4 Å². The Morgan fingerprint density at radius 2 is 1.97 bits per heavy atom. The van der Waals surface area contributed by atoms with Crippen molar-refractivity contribution in [2.24, 2.45) is 0 Å². The van der Waals surface area contributed by atoms with Gasteiger partial charge in [-0.2, -0.15) is 0 Å². The second kappa shape index (κ2) is 10.5. The Kier molecular flexibility index (Phi) is 7.23. The molecule has 0 radical (unpaired) electrons. The maximum atomic E-state index is 11.9. The molecular formula is C24H18ClN3O6S. The average Bonchev–Trinajstić information content (AvgIpc) is 3.53. The Bertz CT molecular complexity index is 1430. The number of aromatic amines is 1. The van der Waals surface area contributed by atoms with Gasteiger partial charge in [-0.25, -0.2) is 14.6 Å². The van der Waals surface area contributed by atoms with Gasteiger partial charge in [-0.15, -0.1) is 5.10 Å². The molecule has 0 aliphatic carbocycles. The second-order valence-electron chi connectivity index (χ2n) is 7.00. The van der Waals surface area contributed by atoms with Crippen LogP contribution in [0.5, 0.6) is 5.75 Å². The second-order valence-corrected chi connectivity index (χ2v) is 8.45. The van der Waals surface area contributed by atoms with Gasteiger partial charge in [0.25, 0.3) is 0 Å². The molecule has 0 aliphatic heterocycles. The molecule has 2 heterocycles. The van der Waals surface area contributed by atoms with E-state index in [0.717, 1.165) is 11.8 Å². The van der Waals surface area contributed by atoms with Crippen LogP contribution in [0.25, 0.3) is 28.8 Å². The third-order valence-electron chi connectivity index (χ3n) is 4.76. The van der Waals surface area contributed by atoms with Crippen molar-refractivity contribution in [3.05, 3.63) is 75.8 Å². The topological polar surface area (TPSA) is 128 Å². The average molecular weight is 512 g/mol. The fourth-order valence-corrected chi connectivity index (χ4v) is 4.00. The van der Waals surface area contributed by atoms with Gasteiger partial charge >= 0.3 is 11.9 Å². The Hall–Kier alpha value is -4.02. The molecule has 0 amide bonds. The van der Waals surface area contributed by atoms with Crippen LogP contribution < -0.4 is 4.74 Å². The third kappa shape index (κ3) is 5.56. The van der Waals surface area contributed by atoms with Crippen LogP contribution in [0.15, 0.2) is 69.1 Å². The number of nitrogens with zero attached hydrogens (tertiary/aromatic N) is 2. The number of esters is 1. The van der Waals surface area contributed by atoms with Crippen molar-refractivity contribution in [1.82, 2.24) is 15.2 Å². The molecule has 0 aliphatic rings. The van der Waals surface area contributed by atoms with E-state index in [-0.39, 0.29) is 10.1 Å². The van der Waals surface area contributed by atoms with E-state index in [4.69, 9.17) is 25.5 Å². The van der Waals surface area contributed by atoms with Crippen LogP contribution in [-0.2, 0) is 9.53 Å². The van der Waals surface area contributed by atoms with E-state index < -0.39 is 11.9 Å². The number of hydrogen-bond acceptors (Lipinski definition) is 8. The number of nitrogens with one attached hydrogen (secondary N) is 1. The van der Waals surface area contributed by atoms with Gasteiger partial charge < -0.3 is 19.0 Å². The largest absolute Gasteiger partial charge is 0.496 e. The first-order valence-corrected chi connectivity index (χ1v) is 11.2. The lowest BCUT2D eigenvalue weighted by Crippen LogP contribution is -2.00. The number of furan rings is 1. The van der Waals surface area contributed by atoms with Crippen molar-refractivity contribution in [3.63, 3.8) is 0 Å². The summed E-state index contributed by atoms with van der Waals surface area (Å²) < 4.78 is 15.9. The number of rotatable bonds is 8. The summed E-state index contributed by atoms with van der Waals surface area (Å²) in [5, 5.41) is 17.3. The number of thioether (sulfide) groups is 1. The summed E-state index contributed by atoms with van der Waals surface area (Å²) in [6.07, 6.45) is 1.37. The van der Waals surface area contributed by atoms with Crippen LogP contribution >= 0.6 is 23.4 Å². The normalized spacial score (nSPS) is 11.3. The van der Waals surface area contributed by atoms with Crippen LogP contribution in [0, 0.1) is 0 Å². The van der Waals surface area contributed by atoms with Gasteiger partial charge in [-0.1, -0.05) is 23.7 Å². The molecule has 0 fully saturated rings. The highest BCUT2D eigenvalue weighted by atomic mass is 35.5. The quantitative estimate of drug-likeness (QED) is 0.181. The van der Waals surface area contributed by atoms with Gasteiger partial charge in [0.1, 0.15) is 22.2 Å². The summed E-state index contributed by atoms with van der Waals surface area (Å²) in [6.45, 7) is 0. The van der Waals surface area contributed by atoms with Gasteiger partial charge in [0.2, 0.25) is 5.16 Å². The van der Waals surface area contributed by atoms with Crippen molar-refractivity contribution in [2.75, 3.05) is 14.2 Å². The number of H-pyrrole nitrogens is 1. The minimum atomic E-state index is -1.17. The molecule has 11 heteroatoms. The standard InChI is InChI=1S/C24H18ClN3O6S/c1-32-19-8-6-15(25)11-17(19)21-26-24(28-27-21)35-20(22(29)30)12-16-7-9-18(34-16)13-4-3-5-14(10-13)23(31)33-2/h3-12H,1-2H3,(H,29,30)(H,26,27,28)/b20-12-. The Morgan fingerprint density at radius 1 is 1.14 bits per heavy atom. The molecule has 178 valence electrons. The zero-order chi connectivity index (χ0) is 24.9. The van der Waals surface area contributed by atoms with E-state index in [1.54, 1.807) is 54.6 Å². The summed E-state index contributed by atoms with van der Waals surface area (Å²) in [7, 11) is 2.83. The molecule has 9 nitrogen and oxygen atoms in total. The first kappa shape index (κ1) is 24.1. The number of aromatic nitrogens is 3. The van der Waals surface area contributed by atoms with E-state index in [1.807, 2.05) is 0 Å². The minimum Gasteiger partial charge on any atom is -0.496 e. The highest BCUT2D eigenvalue weighted by molar-refractivity contribution is 8.04. The van der Waals surface area contributed by atoms with Gasteiger partial charge in [-0.3, -0.25) is 5.10 Å². The molecule has 2 aromatic carbocycles. The lowest BCUT2D eigenvalue weighted by Gasteiger charge is -2.05. The Balaban J connectivity index is 1.58. The zero-order valence-electron chi connectivity index (χ0n) is 18.4. The molecule has 4 rings (SSSR count). The SMILES string of the molecule is COC(=O)c1cccc(-c2ccc(/C=C(\Sc3n[nH]c(-c4cc(Cl)ccc4OC)n3)C(=O)O)o2)c1. The molecule has 2 aromatic heterocycles. The lowest BCUT2D eigenvalue weighted by atomic mass is 10.1. The highest BCUT2D eigenvalue weighted by Crippen LogP contribution is 2.33. The zero-order valence-corrected chi connectivity index (χ0v) is 20.0. The van der Waals surface area contributed by atoms with Crippen LogP contribution in [0.4, 0.5) is 0 Å². The number of carboxylic acids is 1. The number of methoxy groups -OCH3 is 2. The molecule has 0 unspecified atom stereocenters. The molecule has 0 atom stereocenters. The monoisotopic (exact) mass is 511 g/mol. The Morgan fingerprint density at radius 3 is 2.71 bits per heavy atom. The van der Waals surface area contributed by atoms with Crippen molar-refractivity contribution < 1.29 is 28.6 Å². The Labute approximate surface area is 208 Å². The van der Waals surface area contributed by atoms with Crippen LogP contribution in [0.3, 0.4) is 0 Å². The molecule has 35 heavy (non-hydrogen) atoms. The van der Waals surface area contributed by atoms with E-state index >= 15 is 0 Å². The lowest BCUT2D eigenvalue weighted by molar-refractivity contribution is -0.131. The molecule has 0 saturated carbocycles. The van der Waals surface area contributed by atoms with Gasteiger partial charge in [0, 0.05) is 16.7 Å². The van der Waals surface area contributed by atoms with Crippen molar-refractivity contribution in [2.45, 2.75) is 5.16 Å². The highest BCUT2D eigenvalue weighted by Gasteiger charge is 2.17. The van der Waals surface area contributed by atoms with E-state index in [1.165, 1.54) is 20.3 Å². The number of benzene rings is 2. The van der Waals surface area contributed by atoms with Crippen molar-refractivity contribution in [1.29, 1.82) is 0 Å². The number of ether oxygens (including phenoxy) is 2. The van der Waals surface area contributed by atoms with Gasteiger partial charge in [-0.05, 0) is 54.2 Å². The minimum absolute atomic E-state index is 0.0576. The first-order valence-electron chi connectivity index (χ1n) is 10.1. The number of hydrogen-bond donors (Lipinski definition) is 2. The maximum absolute atomic E-state index is 11.9. The van der Waals surface area contributed by atoms with Crippen molar-refractivity contribution >= 4 is 41.4 Å². The van der Waals surface area contributed by atoms with Gasteiger partial charge in [0.15, 0.2) is 5.82 Å². The summed E-state index contributed by atoms with van der Waals surface area (Å²) in [5.74, 6) is 0.0418. The number of carbonyl (C=O) groups is 2. The molecule has 4 aromatic rings. The van der Waals surface area contributed by atoms with E-state index in [2.05, 4.69) is 15.2 Å². The molecule has 0 spiro atoms. The fraction of sp³-hybridized carbons (Fsp3) is 0.0833. The van der Waals surface area contributed by atoms with Gasteiger partial charge in [0.05, 0.1) is 25.3 Å². The molecule has 0 saturated heterocycles. The van der Waals surface area contributed by atoms with Crippen molar-refractivity contribution in [3.8, 4) is 28.5 Å². The smallest absolute Gasteiger partial charge is 0.342 e. The summed E-state index contributed by atoms with van der Waals surface area (Å²) >= 11 is 6.93. The summed E-state index contributed by atoms with van der Waals surface area (Å²) in [5.41, 5.74) is 1.60. The number of aliphatic carboxylic acids is 1. The summed E-state index contributed by atoms with van der Waals surface area (Å²) in [4.78, 5) is 28.0.